The summed E-state index contributed by atoms with van der Waals surface area (Å²) in [5.74, 6) is -0.713. The molecule has 0 saturated heterocycles. The van der Waals surface area contributed by atoms with Crippen LogP contribution in [0.2, 0.25) is 0 Å². The van der Waals surface area contributed by atoms with Gasteiger partial charge in [-0.25, -0.2) is 0 Å². The number of para-hydroxylation sites is 1. The van der Waals surface area contributed by atoms with Crippen molar-refractivity contribution in [3.8, 4) is 5.75 Å². The van der Waals surface area contributed by atoms with E-state index in [2.05, 4.69) is 10.3 Å². The molecule has 1 aromatic carbocycles. The quantitative estimate of drug-likeness (QED) is 0.639. The van der Waals surface area contributed by atoms with Gasteiger partial charge in [-0.2, -0.15) is 4.98 Å². The molecule has 19 heavy (non-hydrogen) atoms. The molecule has 0 fully saturated rings. The van der Waals surface area contributed by atoms with Crippen LogP contribution in [0.5, 0.6) is 5.75 Å². The average Bonchev–Trinajstić information content (AvgIpc) is 2.74. The normalized spacial score (nSPS) is 9.95. The second-order valence-electron chi connectivity index (χ2n) is 3.62. The van der Waals surface area contributed by atoms with Gasteiger partial charge in [-0.05, 0) is 12.1 Å². The maximum Gasteiger partial charge on any atom is 0.308 e. The second-order valence-corrected chi connectivity index (χ2v) is 3.62. The highest BCUT2D eigenvalue weighted by Crippen LogP contribution is 2.20. The van der Waals surface area contributed by atoms with Crippen molar-refractivity contribution in [1.82, 2.24) is 4.98 Å². The summed E-state index contributed by atoms with van der Waals surface area (Å²) < 4.78 is 9.84. The van der Waals surface area contributed by atoms with Gasteiger partial charge in [0.15, 0.2) is 5.82 Å². The molecule has 0 bridgehead atoms. The fourth-order valence-electron chi connectivity index (χ4n) is 1.41. The zero-order valence-electron chi connectivity index (χ0n) is 10.0. The molecule has 0 spiro atoms. The molecule has 0 radical (unpaired) electrons. The predicted molar refractivity (Wildman–Crippen MR) is 66.6 cm³/mol. The largest absolute Gasteiger partial charge is 0.430 e. The van der Waals surface area contributed by atoms with Crippen molar-refractivity contribution in [3.63, 3.8) is 0 Å². The lowest BCUT2D eigenvalue weighted by Crippen LogP contribution is -2.15. The van der Waals surface area contributed by atoms with Crippen LogP contribution < -0.4 is 15.8 Å². The minimum atomic E-state index is -0.515. The van der Waals surface area contributed by atoms with Gasteiger partial charge in [-0.15, -0.1) is 0 Å². The number of benzene rings is 1. The van der Waals surface area contributed by atoms with E-state index >= 15 is 0 Å². The van der Waals surface area contributed by atoms with Gasteiger partial charge in [0.25, 0.3) is 5.91 Å². The van der Waals surface area contributed by atoms with E-state index in [1.165, 1.54) is 25.3 Å². The third-order valence-electron chi connectivity index (χ3n) is 2.13. The number of nitrogen functional groups attached to an aromatic ring is 1. The number of carbonyl (C=O) groups is 2. The Hall–Kier alpha value is -2.83. The molecule has 1 amide bonds. The predicted octanol–water partition coefficient (Wildman–Crippen LogP) is 1.43. The molecule has 0 unspecified atom stereocenters. The third-order valence-corrected chi connectivity index (χ3v) is 2.13. The highest BCUT2D eigenvalue weighted by molar-refractivity contribution is 6.05. The first-order valence-electron chi connectivity index (χ1n) is 5.36. The van der Waals surface area contributed by atoms with Crippen molar-refractivity contribution in [1.29, 1.82) is 0 Å². The van der Waals surface area contributed by atoms with Crippen molar-refractivity contribution >= 4 is 23.7 Å². The minimum Gasteiger partial charge on any atom is -0.430 e. The Morgan fingerprint density at radius 2 is 2.11 bits per heavy atom. The summed E-state index contributed by atoms with van der Waals surface area (Å²) in [7, 11) is 0. The summed E-state index contributed by atoms with van der Waals surface area (Å²) in [5, 5.41) is 2.40. The van der Waals surface area contributed by atoms with Gasteiger partial charge in [-0.1, -0.05) is 12.1 Å². The highest BCUT2D eigenvalue weighted by atomic mass is 16.5. The van der Waals surface area contributed by atoms with Crippen molar-refractivity contribution < 1.29 is 18.7 Å². The first-order valence-corrected chi connectivity index (χ1v) is 5.36. The lowest BCUT2D eigenvalue weighted by molar-refractivity contribution is -0.131. The third kappa shape index (κ3) is 3.09. The van der Waals surface area contributed by atoms with Crippen LogP contribution in [0.3, 0.4) is 0 Å². The molecule has 1 aromatic heterocycles. The number of esters is 1. The van der Waals surface area contributed by atoms with Crippen LogP contribution in [-0.2, 0) is 4.79 Å². The molecule has 0 aliphatic heterocycles. The summed E-state index contributed by atoms with van der Waals surface area (Å²) in [6.07, 6.45) is 1.20. The van der Waals surface area contributed by atoms with E-state index in [1.807, 2.05) is 0 Å². The molecule has 2 aromatic rings. The van der Waals surface area contributed by atoms with Gasteiger partial charge in [0.2, 0.25) is 0 Å². The number of amides is 1. The lowest BCUT2D eigenvalue weighted by Gasteiger charge is -2.07. The molecule has 7 nitrogen and oxygen atoms in total. The average molecular weight is 261 g/mol. The van der Waals surface area contributed by atoms with Crippen LogP contribution >= 0.6 is 0 Å². The van der Waals surface area contributed by atoms with E-state index in [9.17, 15) is 9.59 Å². The number of aromatic nitrogens is 1. The molecule has 7 heteroatoms. The van der Waals surface area contributed by atoms with Crippen LogP contribution in [0.25, 0.3) is 0 Å². The minimum absolute atomic E-state index is 0.0277. The summed E-state index contributed by atoms with van der Waals surface area (Å²) in [4.78, 5) is 26.7. The van der Waals surface area contributed by atoms with Crippen LogP contribution in [0.4, 0.5) is 11.8 Å². The van der Waals surface area contributed by atoms with Gasteiger partial charge in [0.05, 0.1) is 5.56 Å². The topological polar surface area (TPSA) is 107 Å². The monoisotopic (exact) mass is 261 g/mol. The zero-order valence-corrected chi connectivity index (χ0v) is 10.0. The summed E-state index contributed by atoms with van der Waals surface area (Å²) in [6, 6.07) is 6.30. The standard InChI is InChI=1S/C12H11N3O4/c1-7(16)19-9-5-3-2-4-8(9)11(17)15-12-14-10(13)6-18-12/h2-6H,13H2,1H3,(H,14,15,17). The Morgan fingerprint density at radius 1 is 1.37 bits per heavy atom. The second kappa shape index (κ2) is 5.21. The molecule has 98 valence electrons. The fourth-order valence-corrected chi connectivity index (χ4v) is 1.41. The van der Waals surface area contributed by atoms with Crippen molar-refractivity contribution in [2.24, 2.45) is 0 Å². The Bertz CT molecular complexity index is 621. The number of oxazole rings is 1. The van der Waals surface area contributed by atoms with Gasteiger partial charge >= 0.3 is 12.0 Å². The molecule has 1 heterocycles. The fraction of sp³-hybridized carbons (Fsp3) is 0.0833. The van der Waals surface area contributed by atoms with Crippen molar-refractivity contribution in [3.05, 3.63) is 36.1 Å². The molecule has 2 rings (SSSR count). The highest BCUT2D eigenvalue weighted by Gasteiger charge is 2.15. The molecule has 3 N–H and O–H groups in total. The Balaban J connectivity index is 2.21. The van der Waals surface area contributed by atoms with Gasteiger partial charge in [-0.3, -0.25) is 14.9 Å². The van der Waals surface area contributed by atoms with E-state index in [1.54, 1.807) is 12.1 Å². The van der Waals surface area contributed by atoms with E-state index in [0.717, 1.165) is 0 Å². The van der Waals surface area contributed by atoms with Gasteiger partial charge in [0.1, 0.15) is 12.0 Å². The number of hydrogen-bond donors (Lipinski definition) is 2. The number of nitrogens with one attached hydrogen (secondary N) is 1. The van der Waals surface area contributed by atoms with Crippen LogP contribution in [-0.4, -0.2) is 16.9 Å². The Kier molecular flexibility index (Phi) is 3.46. The number of nitrogens with two attached hydrogens (primary N) is 1. The van der Waals surface area contributed by atoms with Crippen LogP contribution in [0, 0.1) is 0 Å². The number of ether oxygens (including phenoxy) is 1. The Labute approximate surface area is 108 Å². The number of carbonyl (C=O) groups excluding carboxylic acids is 2. The molecular weight excluding hydrogens is 250 g/mol. The van der Waals surface area contributed by atoms with E-state index in [0.29, 0.717) is 0 Å². The molecule has 0 aliphatic rings. The first-order chi connectivity index (χ1) is 9.06. The maximum absolute atomic E-state index is 12.0. The zero-order chi connectivity index (χ0) is 13.8. The number of anilines is 2. The SMILES string of the molecule is CC(=O)Oc1ccccc1C(=O)Nc1nc(N)co1. The van der Waals surface area contributed by atoms with Gasteiger partial charge in [0, 0.05) is 6.92 Å². The van der Waals surface area contributed by atoms with E-state index in [4.69, 9.17) is 14.9 Å². The summed E-state index contributed by atoms with van der Waals surface area (Å²) >= 11 is 0. The summed E-state index contributed by atoms with van der Waals surface area (Å²) in [6.45, 7) is 1.25. The van der Waals surface area contributed by atoms with Gasteiger partial charge < -0.3 is 14.9 Å². The lowest BCUT2D eigenvalue weighted by atomic mass is 10.2. The van der Waals surface area contributed by atoms with Crippen molar-refractivity contribution in [2.75, 3.05) is 11.1 Å². The maximum atomic E-state index is 12.0. The van der Waals surface area contributed by atoms with E-state index in [-0.39, 0.29) is 23.1 Å². The molecule has 0 atom stereocenters. The number of nitrogens with zero attached hydrogens (tertiary/aromatic N) is 1. The van der Waals surface area contributed by atoms with Crippen molar-refractivity contribution in [2.45, 2.75) is 6.92 Å². The summed E-state index contributed by atoms with van der Waals surface area (Å²) in [5.41, 5.74) is 5.55. The van der Waals surface area contributed by atoms with Crippen LogP contribution in [0.15, 0.2) is 34.9 Å². The molecule has 0 saturated carbocycles. The Morgan fingerprint density at radius 3 is 2.74 bits per heavy atom. The molecule has 0 aliphatic carbocycles. The molecular formula is C12H11N3O4. The van der Waals surface area contributed by atoms with E-state index < -0.39 is 11.9 Å². The van der Waals surface area contributed by atoms with Crippen LogP contribution in [0.1, 0.15) is 17.3 Å². The number of rotatable bonds is 3. The first kappa shape index (κ1) is 12.6. The number of hydrogen-bond acceptors (Lipinski definition) is 6. The smallest absolute Gasteiger partial charge is 0.308 e.